The fourth-order valence-corrected chi connectivity index (χ4v) is 1.69. The molecule has 0 fully saturated rings. The molecule has 0 aliphatic carbocycles. The van der Waals surface area contributed by atoms with Gasteiger partial charge in [0.2, 0.25) is 5.91 Å². The lowest BCUT2D eigenvalue weighted by Gasteiger charge is -2.06. The second kappa shape index (κ2) is 5.87. The van der Waals surface area contributed by atoms with Gasteiger partial charge in [0.25, 0.3) is 5.56 Å². The summed E-state index contributed by atoms with van der Waals surface area (Å²) >= 11 is 0. The van der Waals surface area contributed by atoms with Crippen molar-refractivity contribution < 1.29 is 9.53 Å². The zero-order valence-corrected chi connectivity index (χ0v) is 10.7. The molecule has 0 aliphatic rings. The van der Waals surface area contributed by atoms with E-state index in [2.05, 4.69) is 10.3 Å². The third-order valence-electron chi connectivity index (χ3n) is 2.52. The van der Waals surface area contributed by atoms with Crippen LogP contribution in [0.25, 0.3) is 0 Å². The highest BCUT2D eigenvalue weighted by Gasteiger charge is 2.06. The predicted octanol–water partition coefficient (Wildman–Crippen LogP) is 0.253. The van der Waals surface area contributed by atoms with Crippen LogP contribution in [0.5, 0.6) is 5.75 Å². The zero-order chi connectivity index (χ0) is 14.5. The van der Waals surface area contributed by atoms with Crippen LogP contribution in [-0.2, 0) is 11.2 Å². The van der Waals surface area contributed by atoms with Gasteiger partial charge in [0.05, 0.1) is 13.5 Å². The summed E-state index contributed by atoms with van der Waals surface area (Å²) in [6.07, 6.45) is -0.101. The number of H-pyrrole nitrogens is 2. The van der Waals surface area contributed by atoms with Gasteiger partial charge in [0.1, 0.15) is 5.75 Å². The van der Waals surface area contributed by atoms with E-state index in [9.17, 15) is 14.4 Å². The summed E-state index contributed by atoms with van der Waals surface area (Å²) in [4.78, 5) is 38.4. The second-order valence-corrected chi connectivity index (χ2v) is 4.07. The van der Waals surface area contributed by atoms with Crippen molar-refractivity contribution in [3.8, 4) is 5.75 Å². The number of anilines is 1. The lowest BCUT2D eigenvalue weighted by Crippen LogP contribution is -2.25. The first-order valence-corrected chi connectivity index (χ1v) is 5.83. The predicted molar refractivity (Wildman–Crippen MR) is 73.0 cm³/mol. The summed E-state index contributed by atoms with van der Waals surface area (Å²) in [6.45, 7) is 0. The van der Waals surface area contributed by atoms with E-state index < -0.39 is 11.2 Å². The van der Waals surface area contributed by atoms with Crippen LogP contribution in [0.15, 0.2) is 39.9 Å². The summed E-state index contributed by atoms with van der Waals surface area (Å²) in [6, 6.07) is 8.04. The molecule has 2 aromatic rings. The van der Waals surface area contributed by atoms with Crippen LogP contribution in [0, 0.1) is 0 Å². The number of methoxy groups -OCH3 is 1. The highest BCUT2D eigenvalue weighted by Crippen LogP contribution is 2.16. The Labute approximate surface area is 113 Å². The maximum atomic E-state index is 11.8. The van der Waals surface area contributed by atoms with Crippen LogP contribution in [-0.4, -0.2) is 23.0 Å². The maximum Gasteiger partial charge on any atom is 0.325 e. The van der Waals surface area contributed by atoms with Crippen molar-refractivity contribution in [2.75, 3.05) is 12.4 Å². The smallest absolute Gasteiger partial charge is 0.325 e. The Morgan fingerprint density at radius 1 is 1.25 bits per heavy atom. The van der Waals surface area contributed by atoms with Gasteiger partial charge in [-0.05, 0) is 12.1 Å². The molecule has 104 valence electrons. The standard InChI is InChI=1S/C13H13N3O4/c1-20-10-4-2-3-8(5-10)14-11(17)6-9-7-12(18)16-13(19)15-9/h2-5,7H,6H2,1H3,(H,14,17)(H2,15,16,18,19). The normalized spacial score (nSPS) is 10.1. The highest BCUT2D eigenvalue weighted by molar-refractivity contribution is 5.92. The van der Waals surface area contributed by atoms with E-state index >= 15 is 0 Å². The quantitative estimate of drug-likeness (QED) is 0.744. The molecule has 0 saturated carbocycles. The number of hydrogen-bond donors (Lipinski definition) is 3. The molecule has 0 spiro atoms. The molecular formula is C13H13N3O4. The van der Waals surface area contributed by atoms with Gasteiger partial charge in [-0.2, -0.15) is 0 Å². The van der Waals surface area contributed by atoms with Crippen molar-refractivity contribution in [3.05, 3.63) is 56.9 Å². The van der Waals surface area contributed by atoms with E-state index in [4.69, 9.17) is 4.74 Å². The summed E-state index contributed by atoms with van der Waals surface area (Å²) in [5.74, 6) is 0.270. The molecule has 0 bridgehead atoms. The SMILES string of the molecule is COc1cccc(NC(=O)Cc2cc(=O)[nH]c(=O)[nH]2)c1. The number of ether oxygens (including phenoxy) is 1. The van der Waals surface area contributed by atoms with Gasteiger partial charge < -0.3 is 15.0 Å². The summed E-state index contributed by atoms with van der Waals surface area (Å²) < 4.78 is 5.04. The Balaban J connectivity index is 2.08. The number of nitrogens with one attached hydrogen (secondary N) is 3. The molecule has 0 saturated heterocycles. The van der Waals surface area contributed by atoms with Gasteiger partial charge in [-0.1, -0.05) is 6.07 Å². The number of amides is 1. The number of hydrogen-bond acceptors (Lipinski definition) is 4. The fourth-order valence-electron chi connectivity index (χ4n) is 1.69. The van der Waals surface area contributed by atoms with Gasteiger partial charge in [-0.15, -0.1) is 0 Å². The molecule has 7 heteroatoms. The van der Waals surface area contributed by atoms with Crippen LogP contribution >= 0.6 is 0 Å². The minimum atomic E-state index is -0.637. The molecule has 0 aliphatic heterocycles. The lowest BCUT2D eigenvalue weighted by molar-refractivity contribution is -0.115. The van der Waals surface area contributed by atoms with Crippen molar-refractivity contribution >= 4 is 11.6 Å². The van der Waals surface area contributed by atoms with Crippen molar-refractivity contribution in [3.63, 3.8) is 0 Å². The van der Waals surface area contributed by atoms with E-state index in [1.165, 1.54) is 13.2 Å². The fraction of sp³-hybridized carbons (Fsp3) is 0.154. The molecule has 1 heterocycles. The Morgan fingerprint density at radius 2 is 2.05 bits per heavy atom. The average Bonchev–Trinajstić information content (AvgIpc) is 2.37. The van der Waals surface area contributed by atoms with E-state index in [1.54, 1.807) is 24.3 Å². The highest BCUT2D eigenvalue weighted by atomic mass is 16.5. The van der Waals surface area contributed by atoms with Gasteiger partial charge in [0.15, 0.2) is 0 Å². The number of aromatic amines is 2. The molecule has 0 unspecified atom stereocenters. The van der Waals surface area contributed by atoms with Gasteiger partial charge in [-0.3, -0.25) is 14.6 Å². The minimum absolute atomic E-state index is 0.101. The van der Waals surface area contributed by atoms with E-state index in [-0.39, 0.29) is 18.0 Å². The maximum absolute atomic E-state index is 11.8. The Morgan fingerprint density at radius 3 is 2.75 bits per heavy atom. The molecule has 20 heavy (non-hydrogen) atoms. The van der Waals surface area contributed by atoms with Gasteiger partial charge in [0, 0.05) is 23.5 Å². The van der Waals surface area contributed by atoms with E-state index in [0.717, 1.165) is 0 Å². The molecule has 3 N–H and O–H groups in total. The van der Waals surface area contributed by atoms with Crippen LogP contribution in [0.2, 0.25) is 0 Å². The lowest BCUT2D eigenvalue weighted by atomic mass is 10.2. The first kappa shape index (κ1) is 13.6. The molecule has 1 aromatic carbocycles. The number of benzene rings is 1. The monoisotopic (exact) mass is 275 g/mol. The minimum Gasteiger partial charge on any atom is -0.497 e. The van der Waals surface area contributed by atoms with E-state index in [1.807, 2.05) is 4.98 Å². The average molecular weight is 275 g/mol. The van der Waals surface area contributed by atoms with Crippen LogP contribution in [0.1, 0.15) is 5.69 Å². The number of rotatable bonds is 4. The molecule has 1 aromatic heterocycles. The third-order valence-corrected chi connectivity index (χ3v) is 2.52. The Hall–Kier alpha value is -2.83. The Bertz CT molecular complexity index is 704. The Kier molecular flexibility index (Phi) is 3.99. The number of carbonyl (C=O) groups excluding carboxylic acids is 1. The van der Waals surface area contributed by atoms with Crippen molar-refractivity contribution in [1.29, 1.82) is 0 Å². The van der Waals surface area contributed by atoms with Crippen LogP contribution < -0.4 is 21.3 Å². The topological polar surface area (TPSA) is 104 Å². The largest absolute Gasteiger partial charge is 0.497 e. The van der Waals surface area contributed by atoms with Crippen LogP contribution in [0.3, 0.4) is 0 Å². The van der Waals surface area contributed by atoms with Gasteiger partial charge in [-0.25, -0.2) is 4.79 Å². The summed E-state index contributed by atoms with van der Waals surface area (Å²) in [5.41, 5.74) is -0.361. The molecule has 0 radical (unpaired) electrons. The molecule has 2 rings (SSSR count). The van der Waals surface area contributed by atoms with Gasteiger partial charge >= 0.3 is 5.69 Å². The number of carbonyl (C=O) groups is 1. The van der Waals surface area contributed by atoms with Crippen LogP contribution in [0.4, 0.5) is 5.69 Å². The number of aromatic nitrogens is 2. The molecular weight excluding hydrogens is 262 g/mol. The van der Waals surface area contributed by atoms with Crippen molar-refractivity contribution in [1.82, 2.24) is 9.97 Å². The first-order valence-electron chi connectivity index (χ1n) is 5.83. The van der Waals surface area contributed by atoms with Crippen molar-refractivity contribution in [2.24, 2.45) is 0 Å². The summed E-state index contributed by atoms with van der Waals surface area (Å²) in [7, 11) is 1.53. The summed E-state index contributed by atoms with van der Waals surface area (Å²) in [5, 5.41) is 2.65. The van der Waals surface area contributed by atoms with E-state index in [0.29, 0.717) is 11.4 Å². The molecule has 0 atom stereocenters. The second-order valence-electron chi connectivity index (χ2n) is 4.07. The van der Waals surface area contributed by atoms with Crippen molar-refractivity contribution in [2.45, 2.75) is 6.42 Å². The first-order chi connectivity index (χ1) is 9.56. The molecule has 7 nitrogen and oxygen atoms in total. The zero-order valence-electron chi connectivity index (χ0n) is 10.7. The molecule has 1 amide bonds. The third kappa shape index (κ3) is 3.58.